The van der Waals surface area contributed by atoms with Crippen molar-refractivity contribution in [1.29, 1.82) is 0 Å². The summed E-state index contributed by atoms with van der Waals surface area (Å²) in [6, 6.07) is 4.97. The summed E-state index contributed by atoms with van der Waals surface area (Å²) in [5, 5.41) is 9.19. The average molecular weight is 308 g/mol. The molecule has 6 heteroatoms. The highest BCUT2D eigenvalue weighted by Gasteiger charge is 2.54. The van der Waals surface area contributed by atoms with Crippen LogP contribution in [0.3, 0.4) is 0 Å². The van der Waals surface area contributed by atoms with Crippen LogP contribution in [0.1, 0.15) is 51.1 Å². The van der Waals surface area contributed by atoms with Gasteiger partial charge in [-0.1, -0.05) is 18.2 Å². The number of rotatable bonds is 4. The molecule has 1 aromatic carbocycles. The van der Waals surface area contributed by atoms with Crippen LogP contribution in [0.25, 0.3) is 0 Å². The number of aliphatic carboxylic acids is 1. The number of carbonyl (C=O) groups is 1. The minimum atomic E-state index is -1.01. The lowest BCUT2D eigenvalue weighted by Crippen LogP contribution is -2.41. The van der Waals surface area contributed by atoms with Crippen LogP contribution in [-0.4, -0.2) is 29.4 Å². The maximum Gasteiger partial charge on any atom is 0.466 e. The van der Waals surface area contributed by atoms with Crippen molar-refractivity contribution in [2.24, 2.45) is 0 Å². The first-order valence-electron chi connectivity index (χ1n) is 7.37. The topological polar surface area (TPSA) is 55.8 Å². The smallest absolute Gasteiger partial charge is 0.466 e. The van der Waals surface area contributed by atoms with Gasteiger partial charge in [0.1, 0.15) is 5.82 Å². The molecule has 120 valence electrons. The fourth-order valence-electron chi connectivity index (χ4n) is 2.55. The molecule has 1 aromatic rings. The lowest BCUT2D eigenvalue weighted by molar-refractivity contribution is -0.137. The van der Waals surface area contributed by atoms with Gasteiger partial charge in [-0.3, -0.25) is 4.79 Å². The number of hydrogen-bond donors (Lipinski definition) is 1. The van der Waals surface area contributed by atoms with Crippen molar-refractivity contribution in [3.05, 3.63) is 35.1 Å². The quantitative estimate of drug-likeness (QED) is 0.867. The fraction of sp³-hybridized carbons (Fsp3) is 0.562. The molecule has 0 aliphatic carbocycles. The SMILES string of the molecule is Cc1cccc(C(CC(=O)O)B2OC(C)(C)C(C)(C)O2)c1F. The zero-order valence-electron chi connectivity index (χ0n) is 13.6. The van der Waals surface area contributed by atoms with Crippen molar-refractivity contribution in [3.63, 3.8) is 0 Å². The Morgan fingerprint density at radius 2 is 1.82 bits per heavy atom. The Kier molecular flexibility index (Phi) is 4.37. The lowest BCUT2D eigenvalue weighted by atomic mass is 9.66. The molecule has 1 unspecified atom stereocenters. The van der Waals surface area contributed by atoms with Gasteiger partial charge < -0.3 is 14.4 Å². The maximum atomic E-state index is 14.4. The minimum Gasteiger partial charge on any atom is -0.481 e. The largest absolute Gasteiger partial charge is 0.481 e. The predicted molar refractivity (Wildman–Crippen MR) is 82.2 cm³/mol. The second kappa shape index (κ2) is 5.67. The molecule has 0 radical (unpaired) electrons. The van der Waals surface area contributed by atoms with E-state index < -0.39 is 35.9 Å². The second-order valence-corrected chi connectivity index (χ2v) is 6.81. The van der Waals surface area contributed by atoms with E-state index in [1.807, 2.05) is 27.7 Å². The van der Waals surface area contributed by atoms with E-state index in [2.05, 4.69) is 0 Å². The van der Waals surface area contributed by atoms with E-state index in [0.29, 0.717) is 11.1 Å². The molecule has 0 spiro atoms. The molecule has 0 saturated carbocycles. The third kappa shape index (κ3) is 3.03. The van der Waals surface area contributed by atoms with E-state index in [1.54, 1.807) is 25.1 Å². The van der Waals surface area contributed by atoms with Gasteiger partial charge in [-0.15, -0.1) is 0 Å². The Balaban J connectivity index is 2.40. The van der Waals surface area contributed by atoms with Crippen molar-refractivity contribution in [2.45, 2.75) is 58.1 Å². The summed E-state index contributed by atoms with van der Waals surface area (Å²) in [4.78, 5) is 11.2. The molecule has 1 aliphatic heterocycles. The summed E-state index contributed by atoms with van der Waals surface area (Å²) in [5.74, 6) is -2.11. The number of aryl methyl sites for hydroxylation is 1. The molecule has 1 atom stereocenters. The van der Waals surface area contributed by atoms with Crippen molar-refractivity contribution >= 4 is 13.1 Å². The Morgan fingerprint density at radius 3 is 2.32 bits per heavy atom. The van der Waals surface area contributed by atoms with Crippen LogP contribution in [-0.2, 0) is 14.1 Å². The summed E-state index contributed by atoms with van der Waals surface area (Å²) in [6.07, 6.45) is -0.253. The second-order valence-electron chi connectivity index (χ2n) is 6.81. The van der Waals surface area contributed by atoms with Gasteiger partial charge in [0.15, 0.2) is 0 Å². The van der Waals surface area contributed by atoms with Crippen LogP contribution in [0.15, 0.2) is 18.2 Å². The highest BCUT2D eigenvalue weighted by Crippen LogP contribution is 2.42. The van der Waals surface area contributed by atoms with Crippen LogP contribution in [0.4, 0.5) is 4.39 Å². The van der Waals surface area contributed by atoms with Crippen LogP contribution < -0.4 is 0 Å². The summed E-state index contributed by atoms with van der Waals surface area (Å²) in [6.45, 7) is 9.20. The monoisotopic (exact) mass is 308 g/mol. The normalized spacial score (nSPS) is 20.9. The Morgan fingerprint density at radius 1 is 1.27 bits per heavy atom. The number of carboxylic acids is 1. The lowest BCUT2D eigenvalue weighted by Gasteiger charge is -2.32. The summed E-state index contributed by atoms with van der Waals surface area (Å²) >= 11 is 0. The number of benzene rings is 1. The average Bonchev–Trinajstić information content (AvgIpc) is 2.59. The molecular formula is C16H22BFO4. The highest BCUT2D eigenvalue weighted by molar-refractivity contribution is 6.48. The third-order valence-electron chi connectivity index (χ3n) is 4.62. The van der Waals surface area contributed by atoms with Gasteiger partial charge in [0.2, 0.25) is 0 Å². The van der Waals surface area contributed by atoms with E-state index in [0.717, 1.165) is 0 Å². The van der Waals surface area contributed by atoms with Gasteiger partial charge >= 0.3 is 13.1 Å². The first-order valence-corrected chi connectivity index (χ1v) is 7.37. The summed E-state index contributed by atoms with van der Waals surface area (Å²) in [7, 11) is -0.794. The van der Waals surface area contributed by atoms with Crippen LogP contribution in [0, 0.1) is 12.7 Å². The molecule has 0 bridgehead atoms. The molecule has 1 saturated heterocycles. The predicted octanol–water partition coefficient (Wildman–Crippen LogP) is 3.32. The Bertz CT molecular complexity index is 570. The van der Waals surface area contributed by atoms with E-state index in [9.17, 15) is 14.3 Å². The van der Waals surface area contributed by atoms with Crippen molar-refractivity contribution in [3.8, 4) is 0 Å². The van der Waals surface area contributed by atoms with E-state index >= 15 is 0 Å². The third-order valence-corrected chi connectivity index (χ3v) is 4.62. The van der Waals surface area contributed by atoms with Crippen LogP contribution in [0.2, 0.25) is 0 Å². The van der Waals surface area contributed by atoms with Gasteiger partial charge in [0, 0.05) is 5.82 Å². The van der Waals surface area contributed by atoms with Gasteiger partial charge in [-0.25, -0.2) is 4.39 Å². The molecule has 1 aliphatic rings. The Labute approximate surface area is 130 Å². The zero-order chi connectivity index (χ0) is 16.7. The molecule has 1 fully saturated rings. The summed E-state index contributed by atoms with van der Waals surface area (Å²) in [5.41, 5.74) is -0.381. The molecule has 0 amide bonds. The fourth-order valence-corrected chi connectivity index (χ4v) is 2.55. The maximum absolute atomic E-state index is 14.4. The molecule has 2 rings (SSSR count). The van der Waals surface area contributed by atoms with Gasteiger partial charge in [-0.2, -0.15) is 0 Å². The standard InChI is InChI=1S/C16H22BFO4/c1-10-7-6-8-11(14(10)18)12(9-13(19)20)17-21-15(2,3)16(4,5)22-17/h6-8,12H,9H2,1-5H3,(H,19,20). The first-order chi connectivity index (χ1) is 10.0. The van der Waals surface area contributed by atoms with Gasteiger partial charge in [0.25, 0.3) is 0 Å². The molecule has 1 heterocycles. The van der Waals surface area contributed by atoms with Gasteiger partial charge in [0.05, 0.1) is 17.6 Å². The molecule has 4 nitrogen and oxygen atoms in total. The van der Waals surface area contributed by atoms with E-state index in [1.165, 1.54) is 0 Å². The van der Waals surface area contributed by atoms with Crippen molar-refractivity contribution in [1.82, 2.24) is 0 Å². The van der Waals surface area contributed by atoms with E-state index in [-0.39, 0.29) is 6.42 Å². The molecule has 0 aromatic heterocycles. The minimum absolute atomic E-state index is 0.253. The molecular weight excluding hydrogens is 286 g/mol. The highest BCUT2D eigenvalue weighted by atomic mass is 19.1. The molecule has 1 N–H and O–H groups in total. The number of carboxylic acid groups (broad SMARTS) is 1. The van der Waals surface area contributed by atoms with Gasteiger partial charge in [-0.05, 0) is 45.7 Å². The number of hydrogen-bond acceptors (Lipinski definition) is 3. The number of halogens is 1. The van der Waals surface area contributed by atoms with Crippen molar-refractivity contribution in [2.75, 3.05) is 0 Å². The Hall–Kier alpha value is -1.40. The van der Waals surface area contributed by atoms with Crippen LogP contribution in [0.5, 0.6) is 0 Å². The molecule has 22 heavy (non-hydrogen) atoms. The zero-order valence-corrected chi connectivity index (χ0v) is 13.6. The first kappa shape index (κ1) is 17.0. The van der Waals surface area contributed by atoms with Crippen molar-refractivity contribution < 1.29 is 23.6 Å². The van der Waals surface area contributed by atoms with E-state index in [4.69, 9.17) is 9.31 Å². The van der Waals surface area contributed by atoms with Crippen LogP contribution >= 0.6 is 0 Å². The summed E-state index contributed by atoms with van der Waals surface area (Å²) < 4.78 is 26.3.